The van der Waals surface area contributed by atoms with Gasteiger partial charge in [-0.05, 0) is 37.5 Å². The number of nitrogens with zero attached hydrogens (tertiary/aromatic N) is 1. The molecule has 1 atom stereocenters. The second kappa shape index (κ2) is 8.96. The summed E-state index contributed by atoms with van der Waals surface area (Å²) in [4.78, 5) is 4.21. The number of rotatable bonds is 5. The van der Waals surface area contributed by atoms with Gasteiger partial charge in [0, 0.05) is 19.6 Å². The molecule has 1 aliphatic rings. The smallest absolute Gasteiger partial charge is 0.231 e. The minimum Gasteiger partial charge on any atom is -0.454 e. The standard InChI is InChI=1S/C15H23N3O2.HI/c1-4-11(2)18-15(16-3)17-8-7-12-5-6-13-14(9-12)20-10-19-13;/h5-6,9,11H,4,7-8,10H2,1-3H3,(H2,16,17,18);1H. The molecule has 0 radical (unpaired) electrons. The number of aliphatic imine (C=N–C) groups is 1. The van der Waals surface area contributed by atoms with Crippen LogP contribution in [0.25, 0.3) is 0 Å². The number of fused-ring (bicyclic) bond motifs is 1. The molecular formula is C15H24IN3O2. The average Bonchev–Trinajstić information content (AvgIpc) is 2.93. The van der Waals surface area contributed by atoms with Crippen LogP contribution in [0.1, 0.15) is 25.8 Å². The third kappa shape index (κ3) is 5.26. The molecule has 2 N–H and O–H groups in total. The molecule has 5 nitrogen and oxygen atoms in total. The Morgan fingerprint density at radius 1 is 1.33 bits per heavy atom. The minimum absolute atomic E-state index is 0. The van der Waals surface area contributed by atoms with Crippen molar-refractivity contribution in [1.82, 2.24) is 10.6 Å². The van der Waals surface area contributed by atoms with E-state index in [2.05, 4.69) is 35.5 Å². The first-order valence-corrected chi connectivity index (χ1v) is 7.08. The fourth-order valence-corrected chi connectivity index (χ4v) is 1.95. The van der Waals surface area contributed by atoms with Crippen molar-refractivity contribution in [2.24, 2.45) is 4.99 Å². The number of guanidine groups is 1. The molecule has 6 heteroatoms. The van der Waals surface area contributed by atoms with Crippen LogP contribution in [0.5, 0.6) is 11.5 Å². The van der Waals surface area contributed by atoms with Gasteiger partial charge < -0.3 is 20.1 Å². The third-order valence-corrected chi connectivity index (χ3v) is 3.36. The van der Waals surface area contributed by atoms with E-state index >= 15 is 0 Å². The van der Waals surface area contributed by atoms with Crippen molar-refractivity contribution >= 4 is 29.9 Å². The second-order valence-electron chi connectivity index (χ2n) is 4.89. The fourth-order valence-electron chi connectivity index (χ4n) is 1.95. The number of nitrogens with one attached hydrogen (secondary N) is 2. The van der Waals surface area contributed by atoms with Crippen molar-refractivity contribution in [3.05, 3.63) is 23.8 Å². The normalized spacial score (nSPS) is 14.3. The molecule has 1 aromatic carbocycles. The minimum atomic E-state index is 0. The lowest BCUT2D eigenvalue weighted by Gasteiger charge is -2.16. The first-order valence-electron chi connectivity index (χ1n) is 7.08. The summed E-state index contributed by atoms with van der Waals surface area (Å²) in [5.74, 6) is 2.51. The molecule has 2 rings (SSSR count). The van der Waals surface area contributed by atoms with Crippen molar-refractivity contribution < 1.29 is 9.47 Å². The van der Waals surface area contributed by atoms with Gasteiger partial charge in [0.05, 0.1) is 0 Å². The quantitative estimate of drug-likeness (QED) is 0.449. The van der Waals surface area contributed by atoms with Crippen molar-refractivity contribution in [2.45, 2.75) is 32.7 Å². The van der Waals surface area contributed by atoms with Crippen LogP contribution in [0.3, 0.4) is 0 Å². The molecule has 0 spiro atoms. The van der Waals surface area contributed by atoms with E-state index in [1.54, 1.807) is 7.05 Å². The van der Waals surface area contributed by atoms with Crippen molar-refractivity contribution in [1.29, 1.82) is 0 Å². The average molecular weight is 405 g/mol. The van der Waals surface area contributed by atoms with Gasteiger partial charge in [0.1, 0.15) is 0 Å². The zero-order valence-electron chi connectivity index (χ0n) is 12.8. The number of hydrogen-bond donors (Lipinski definition) is 2. The van der Waals surface area contributed by atoms with Crippen molar-refractivity contribution in [3.63, 3.8) is 0 Å². The molecule has 0 fully saturated rings. The molecule has 1 aliphatic heterocycles. The summed E-state index contributed by atoms with van der Waals surface area (Å²) in [5, 5.41) is 6.66. The summed E-state index contributed by atoms with van der Waals surface area (Å²) in [6.07, 6.45) is 1.99. The molecule has 1 aromatic rings. The molecule has 21 heavy (non-hydrogen) atoms. The molecule has 0 aromatic heterocycles. The highest BCUT2D eigenvalue weighted by molar-refractivity contribution is 14.0. The summed E-state index contributed by atoms with van der Waals surface area (Å²) in [6, 6.07) is 6.49. The van der Waals surface area contributed by atoms with E-state index in [0.29, 0.717) is 12.8 Å². The van der Waals surface area contributed by atoms with E-state index < -0.39 is 0 Å². The predicted molar refractivity (Wildman–Crippen MR) is 95.9 cm³/mol. The zero-order valence-corrected chi connectivity index (χ0v) is 15.1. The lowest BCUT2D eigenvalue weighted by Crippen LogP contribution is -2.42. The summed E-state index contributed by atoms with van der Waals surface area (Å²) in [6.45, 7) is 5.44. The van der Waals surface area contributed by atoms with Gasteiger partial charge in [0.2, 0.25) is 6.79 Å². The van der Waals surface area contributed by atoms with E-state index in [1.807, 2.05) is 12.1 Å². The Labute approximate surface area is 143 Å². The monoisotopic (exact) mass is 405 g/mol. The van der Waals surface area contributed by atoms with Crippen molar-refractivity contribution in [3.8, 4) is 11.5 Å². The van der Waals surface area contributed by atoms with E-state index in [4.69, 9.17) is 9.47 Å². The Bertz CT molecular complexity index is 480. The highest BCUT2D eigenvalue weighted by atomic mass is 127. The van der Waals surface area contributed by atoms with Gasteiger partial charge in [-0.25, -0.2) is 0 Å². The van der Waals surface area contributed by atoms with Crippen LogP contribution < -0.4 is 20.1 Å². The van der Waals surface area contributed by atoms with E-state index in [9.17, 15) is 0 Å². The Morgan fingerprint density at radius 3 is 2.81 bits per heavy atom. The van der Waals surface area contributed by atoms with Gasteiger partial charge in [0.25, 0.3) is 0 Å². The Hall–Kier alpha value is -1.18. The Balaban J connectivity index is 0.00000220. The fraction of sp³-hybridized carbons (Fsp3) is 0.533. The second-order valence-corrected chi connectivity index (χ2v) is 4.89. The van der Waals surface area contributed by atoms with Crippen LogP contribution in [0.4, 0.5) is 0 Å². The van der Waals surface area contributed by atoms with Gasteiger partial charge in [-0.1, -0.05) is 13.0 Å². The molecule has 0 amide bonds. The number of benzene rings is 1. The third-order valence-electron chi connectivity index (χ3n) is 3.36. The topological polar surface area (TPSA) is 54.9 Å². The van der Waals surface area contributed by atoms with E-state index in [0.717, 1.165) is 36.8 Å². The van der Waals surface area contributed by atoms with Crippen LogP contribution in [0.2, 0.25) is 0 Å². The highest BCUT2D eigenvalue weighted by Crippen LogP contribution is 2.32. The maximum atomic E-state index is 5.38. The van der Waals surface area contributed by atoms with E-state index in [-0.39, 0.29) is 24.0 Å². The molecule has 0 saturated heterocycles. The first kappa shape index (κ1) is 17.9. The van der Waals surface area contributed by atoms with Gasteiger partial charge in [-0.3, -0.25) is 4.99 Å². The largest absolute Gasteiger partial charge is 0.454 e. The van der Waals surface area contributed by atoms with Crippen LogP contribution >= 0.6 is 24.0 Å². The first-order chi connectivity index (χ1) is 9.72. The highest BCUT2D eigenvalue weighted by Gasteiger charge is 2.12. The van der Waals surface area contributed by atoms with Crippen LogP contribution in [-0.2, 0) is 6.42 Å². The maximum Gasteiger partial charge on any atom is 0.231 e. The molecule has 0 aliphatic carbocycles. The lowest BCUT2D eigenvalue weighted by atomic mass is 10.1. The molecular weight excluding hydrogens is 381 g/mol. The Kier molecular flexibility index (Phi) is 7.63. The van der Waals surface area contributed by atoms with Crippen LogP contribution in [-0.4, -0.2) is 32.4 Å². The molecule has 118 valence electrons. The summed E-state index contributed by atoms with van der Waals surface area (Å²) in [5.41, 5.74) is 1.22. The summed E-state index contributed by atoms with van der Waals surface area (Å²) >= 11 is 0. The molecule has 0 saturated carbocycles. The van der Waals surface area contributed by atoms with Gasteiger partial charge in [-0.2, -0.15) is 0 Å². The van der Waals surface area contributed by atoms with E-state index in [1.165, 1.54) is 5.56 Å². The van der Waals surface area contributed by atoms with Crippen LogP contribution in [0.15, 0.2) is 23.2 Å². The summed E-state index contributed by atoms with van der Waals surface area (Å²) in [7, 11) is 1.79. The summed E-state index contributed by atoms with van der Waals surface area (Å²) < 4.78 is 10.7. The maximum absolute atomic E-state index is 5.38. The molecule has 0 bridgehead atoms. The Morgan fingerprint density at radius 2 is 2.10 bits per heavy atom. The molecule has 1 heterocycles. The van der Waals surface area contributed by atoms with Crippen molar-refractivity contribution in [2.75, 3.05) is 20.4 Å². The number of halogens is 1. The number of ether oxygens (including phenoxy) is 2. The lowest BCUT2D eigenvalue weighted by molar-refractivity contribution is 0.174. The number of hydrogen-bond acceptors (Lipinski definition) is 3. The van der Waals surface area contributed by atoms with Gasteiger partial charge >= 0.3 is 0 Å². The molecule has 1 unspecified atom stereocenters. The SMILES string of the molecule is CCC(C)NC(=NC)NCCc1ccc2c(c1)OCO2.I. The van der Waals surface area contributed by atoms with Crippen LogP contribution in [0, 0.1) is 0 Å². The van der Waals surface area contributed by atoms with Gasteiger partial charge in [-0.15, -0.1) is 24.0 Å². The predicted octanol–water partition coefficient (Wildman–Crippen LogP) is 2.54. The van der Waals surface area contributed by atoms with Gasteiger partial charge in [0.15, 0.2) is 17.5 Å². The zero-order chi connectivity index (χ0) is 14.4.